The number of hydrogen-bond acceptors (Lipinski definition) is 1. The third kappa shape index (κ3) is 4.97. The van der Waals surface area contributed by atoms with Crippen LogP contribution in [0.4, 0.5) is 0 Å². The van der Waals surface area contributed by atoms with Crippen LogP contribution in [0.3, 0.4) is 0 Å². The topological polar surface area (TPSA) is 25.2 Å². The first-order valence-electron chi connectivity index (χ1n) is 9.29. The first kappa shape index (κ1) is 19.3. The fraction of sp³-hybridized carbons (Fsp3) is 0.500. The van der Waals surface area contributed by atoms with Crippen LogP contribution in [0, 0.1) is 18.8 Å². The number of rotatable bonds is 7. The summed E-state index contributed by atoms with van der Waals surface area (Å²) in [6.45, 7) is 14.1. The summed E-state index contributed by atoms with van der Waals surface area (Å²) in [7, 11) is 0. The summed E-state index contributed by atoms with van der Waals surface area (Å²) >= 11 is 0. The lowest BCUT2D eigenvalue weighted by Crippen LogP contribution is -2.43. The van der Waals surface area contributed by atoms with Crippen molar-refractivity contribution in [2.75, 3.05) is 0 Å². The minimum atomic E-state index is 0.0152. The summed E-state index contributed by atoms with van der Waals surface area (Å²) < 4.78 is 2.25. The first-order chi connectivity index (χ1) is 11.8. The average molecular weight is 341 g/mol. The first-order valence-corrected chi connectivity index (χ1v) is 9.29. The van der Waals surface area contributed by atoms with Crippen LogP contribution in [0.25, 0.3) is 0 Å². The van der Waals surface area contributed by atoms with Gasteiger partial charge in [0, 0.05) is 30.4 Å². The molecule has 1 atom stereocenters. The second-order valence-electron chi connectivity index (χ2n) is 7.72. The Hall–Kier alpha value is -2.03. The largest absolute Gasteiger partial charge is 0.345 e. The number of carbonyl (C=O) groups is 1. The molecule has 1 unspecified atom stereocenters. The van der Waals surface area contributed by atoms with Crippen molar-refractivity contribution in [3.05, 3.63) is 59.4 Å². The van der Waals surface area contributed by atoms with Crippen molar-refractivity contribution < 1.29 is 4.79 Å². The summed E-state index contributed by atoms with van der Waals surface area (Å²) in [5, 5.41) is 0. The molecule has 2 rings (SSSR count). The molecule has 0 N–H and O–H groups in total. The molecule has 0 saturated carbocycles. The lowest BCUT2D eigenvalue weighted by atomic mass is 10.0. The van der Waals surface area contributed by atoms with Crippen LogP contribution in [0.2, 0.25) is 0 Å². The van der Waals surface area contributed by atoms with Crippen molar-refractivity contribution in [1.82, 2.24) is 9.47 Å². The molecule has 1 aromatic heterocycles. The maximum atomic E-state index is 12.7. The zero-order valence-corrected chi connectivity index (χ0v) is 16.5. The summed E-state index contributed by atoms with van der Waals surface area (Å²) in [6, 6.07) is 13.0. The number of hydrogen-bond donors (Lipinski definition) is 0. The number of aryl methyl sites for hydroxylation is 1. The van der Waals surface area contributed by atoms with Gasteiger partial charge in [0.15, 0.2) is 0 Å². The van der Waals surface area contributed by atoms with E-state index in [0.29, 0.717) is 12.5 Å². The Bertz CT molecular complexity index is 700. The van der Waals surface area contributed by atoms with E-state index in [1.54, 1.807) is 0 Å². The van der Waals surface area contributed by atoms with Crippen molar-refractivity contribution >= 4 is 5.91 Å². The normalized spacial score (nSPS) is 12.6. The predicted molar refractivity (Wildman–Crippen MR) is 104 cm³/mol. The minimum absolute atomic E-state index is 0.0152. The van der Waals surface area contributed by atoms with Crippen LogP contribution in [0.15, 0.2) is 42.6 Å². The summed E-state index contributed by atoms with van der Waals surface area (Å²) in [5.41, 5.74) is 3.75. The van der Waals surface area contributed by atoms with Crippen LogP contribution < -0.4 is 0 Å². The maximum absolute atomic E-state index is 12.7. The Balaban J connectivity index is 2.23. The fourth-order valence-corrected chi connectivity index (χ4v) is 3.04. The minimum Gasteiger partial charge on any atom is -0.345 e. The van der Waals surface area contributed by atoms with Crippen LogP contribution >= 0.6 is 0 Å². The van der Waals surface area contributed by atoms with Gasteiger partial charge >= 0.3 is 0 Å². The molecule has 0 fully saturated rings. The Morgan fingerprint density at radius 3 is 2.40 bits per heavy atom. The molecule has 0 bridgehead atoms. The molecular formula is C22H32N2O. The van der Waals surface area contributed by atoms with Gasteiger partial charge < -0.3 is 9.47 Å². The highest BCUT2D eigenvalue weighted by Gasteiger charge is 2.25. The molecule has 0 aliphatic carbocycles. The average Bonchev–Trinajstić information content (AvgIpc) is 2.98. The Morgan fingerprint density at radius 1 is 1.08 bits per heavy atom. The lowest BCUT2D eigenvalue weighted by Gasteiger charge is -2.33. The smallest absolute Gasteiger partial charge is 0.225 e. The fourth-order valence-electron chi connectivity index (χ4n) is 3.04. The number of carbonyl (C=O) groups excluding carboxylic acids is 1. The summed E-state index contributed by atoms with van der Waals surface area (Å²) in [5.74, 6) is 0.675. The zero-order chi connectivity index (χ0) is 18.6. The van der Waals surface area contributed by atoms with Crippen molar-refractivity contribution in [3.63, 3.8) is 0 Å². The van der Waals surface area contributed by atoms with E-state index in [4.69, 9.17) is 0 Å². The number of aromatic nitrogens is 1. The molecule has 136 valence electrons. The molecule has 0 aliphatic heterocycles. The summed E-state index contributed by atoms with van der Waals surface area (Å²) in [4.78, 5) is 14.8. The summed E-state index contributed by atoms with van der Waals surface area (Å²) in [6.07, 6.45) is 2.11. The van der Waals surface area contributed by atoms with Gasteiger partial charge in [-0.25, -0.2) is 0 Å². The van der Waals surface area contributed by atoms with Gasteiger partial charge in [0.05, 0.1) is 6.54 Å². The molecule has 3 nitrogen and oxygen atoms in total. The SMILES string of the molecule is Cc1cccc(Cn2cccc2CN(C(=O)C(C)C)C(C)C(C)C)c1. The van der Waals surface area contributed by atoms with E-state index >= 15 is 0 Å². The molecular weight excluding hydrogens is 308 g/mol. The number of amides is 1. The van der Waals surface area contributed by atoms with Crippen LogP contribution in [-0.2, 0) is 17.9 Å². The predicted octanol–water partition coefficient (Wildman–Crippen LogP) is 4.87. The quantitative estimate of drug-likeness (QED) is 0.705. The highest BCUT2D eigenvalue weighted by Crippen LogP contribution is 2.19. The van der Waals surface area contributed by atoms with Crippen LogP contribution in [0.1, 0.15) is 51.4 Å². The third-order valence-electron chi connectivity index (χ3n) is 4.92. The van der Waals surface area contributed by atoms with Gasteiger partial charge in [0.25, 0.3) is 0 Å². The molecule has 1 aromatic carbocycles. The molecule has 1 amide bonds. The third-order valence-corrected chi connectivity index (χ3v) is 4.92. The second-order valence-corrected chi connectivity index (χ2v) is 7.72. The Morgan fingerprint density at radius 2 is 1.80 bits per heavy atom. The van der Waals surface area contributed by atoms with Crippen molar-refractivity contribution in [3.8, 4) is 0 Å². The van der Waals surface area contributed by atoms with E-state index in [-0.39, 0.29) is 17.9 Å². The van der Waals surface area contributed by atoms with Gasteiger partial charge in [-0.05, 0) is 37.5 Å². The van der Waals surface area contributed by atoms with Crippen molar-refractivity contribution in [1.29, 1.82) is 0 Å². The number of nitrogens with zero attached hydrogens (tertiary/aromatic N) is 2. The van der Waals surface area contributed by atoms with E-state index in [9.17, 15) is 4.79 Å². The second kappa shape index (κ2) is 8.37. The van der Waals surface area contributed by atoms with E-state index < -0.39 is 0 Å². The lowest BCUT2D eigenvalue weighted by molar-refractivity contribution is -0.138. The van der Waals surface area contributed by atoms with Crippen molar-refractivity contribution in [2.24, 2.45) is 11.8 Å². The van der Waals surface area contributed by atoms with Gasteiger partial charge in [-0.3, -0.25) is 4.79 Å². The van der Waals surface area contributed by atoms with E-state index in [2.05, 4.69) is 74.9 Å². The van der Waals surface area contributed by atoms with Gasteiger partial charge in [-0.2, -0.15) is 0 Å². The van der Waals surface area contributed by atoms with Gasteiger partial charge in [-0.1, -0.05) is 57.5 Å². The van der Waals surface area contributed by atoms with Crippen LogP contribution in [-0.4, -0.2) is 21.4 Å². The number of benzene rings is 1. The van der Waals surface area contributed by atoms with Gasteiger partial charge in [0.2, 0.25) is 5.91 Å². The standard InChI is InChI=1S/C22H32N2O/c1-16(2)19(6)24(22(25)17(3)4)15-21-11-8-12-23(21)14-20-10-7-9-18(5)13-20/h7-13,16-17,19H,14-15H2,1-6H3. The Kier molecular flexibility index (Phi) is 6.46. The zero-order valence-electron chi connectivity index (χ0n) is 16.5. The molecule has 1 heterocycles. The van der Waals surface area contributed by atoms with E-state index in [1.807, 2.05) is 18.7 Å². The molecule has 0 radical (unpaired) electrons. The molecule has 0 aliphatic rings. The molecule has 3 heteroatoms. The molecule has 2 aromatic rings. The molecule has 0 saturated heterocycles. The molecule has 25 heavy (non-hydrogen) atoms. The van der Waals surface area contributed by atoms with E-state index in [1.165, 1.54) is 16.8 Å². The van der Waals surface area contributed by atoms with E-state index in [0.717, 1.165) is 6.54 Å². The molecule has 0 spiro atoms. The van der Waals surface area contributed by atoms with Gasteiger partial charge in [0.1, 0.15) is 0 Å². The van der Waals surface area contributed by atoms with Crippen LogP contribution in [0.5, 0.6) is 0 Å². The highest BCUT2D eigenvalue weighted by atomic mass is 16.2. The Labute approximate surface area is 152 Å². The van der Waals surface area contributed by atoms with Gasteiger partial charge in [-0.15, -0.1) is 0 Å². The monoisotopic (exact) mass is 340 g/mol. The maximum Gasteiger partial charge on any atom is 0.225 e. The highest BCUT2D eigenvalue weighted by molar-refractivity contribution is 5.78. The van der Waals surface area contributed by atoms with Crippen molar-refractivity contribution in [2.45, 2.75) is 60.7 Å².